The Morgan fingerprint density at radius 1 is 1.00 bits per heavy atom. The summed E-state index contributed by atoms with van der Waals surface area (Å²) in [6, 6.07) is 14.8. The molecule has 0 spiro atoms. The van der Waals surface area contributed by atoms with E-state index in [1.165, 1.54) is 19.3 Å². The number of hydrazone groups is 1. The number of amides is 2. The molecule has 7 heteroatoms. The predicted molar refractivity (Wildman–Crippen MR) is 150 cm³/mol. The van der Waals surface area contributed by atoms with Crippen LogP contribution >= 0.6 is 0 Å². The van der Waals surface area contributed by atoms with Crippen LogP contribution < -0.4 is 4.90 Å². The molecule has 3 heterocycles. The fraction of sp³-hybridized carbons (Fsp3) is 0.452. The Bertz CT molecular complexity index is 1290. The molecular weight excluding hydrogens is 474 g/mol. The van der Waals surface area contributed by atoms with E-state index in [-0.39, 0.29) is 18.0 Å². The van der Waals surface area contributed by atoms with E-state index in [0.29, 0.717) is 19.1 Å². The fourth-order valence-corrected chi connectivity index (χ4v) is 6.14. The second kappa shape index (κ2) is 10.7. The lowest BCUT2D eigenvalue weighted by atomic mass is 9.82. The molecule has 1 aromatic heterocycles. The molecule has 2 aliphatic heterocycles. The number of hydrogen-bond donors (Lipinski definition) is 1. The van der Waals surface area contributed by atoms with Crippen molar-refractivity contribution >= 4 is 23.1 Å². The summed E-state index contributed by atoms with van der Waals surface area (Å²) < 4.78 is 5.65. The number of urea groups is 1. The number of nitrogens with one attached hydrogen (secondary N) is 1. The van der Waals surface area contributed by atoms with Crippen LogP contribution in [-0.2, 0) is 4.74 Å². The van der Waals surface area contributed by atoms with E-state index < -0.39 is 0 Å². The number of carbonyl (C=O) groups excluding carboxylic acids is 1. The summed E-state index contributed by atoms with van der Waals surface area (Å²) in [4.78, 5) is 24.0. The van der Waals surface area contributed by atoms with Crippen molar-refractivity contribution in [1.29, 1.82) is 0 Å². The smallest absolute Gasteiger partial charge is 0.349 e. The molecule has 2 amide bonds. The van der Waals surface area contributed by atoms with Gasteiger partial charge in [0, 0.05) is 43.0 Å². The first-order valence-electron chi connectivity index (χ1n) is 14.1. The quantitative estimate of drug-likeness (QED) is 0.405. The van der Waals surface area contributed by atoms with Crippen molar-refractivity contribution in [2.45, 2.75) is 70.8 Å². The Morgan fingerprint density at radius 3 is 2.47 bits per heavy atom. The van der Waals surface area contributed by atoms with Crippen molar-refractivity contribution in [1.82, 2.24) is 15.0 Å². The van der Waals surface area contributed by atoms with Crippen LogP contribution in [0.4, 0.5) is 16.2 Å². The zero-order valence-corrected chi connectivity index (χ0v) is 22.4. The monoisotopic (exact) mass is 511 g/mol. The highest BCUT2D eigenvalue weighted by Crippen LogP contribution is 2.39. The molecule has 1 saturated carbocycles. The number of aromatic nitrogens is 2. The average molecular weight is 512 g/mol. The molecule has 0 bridgehead atoms. The van der Waals surface area contributed by atoms with Gasteiger partial charge in [0.1, 0.15) is 5.82 Å². The van der Waals surface area contributed by atoms with Gasteiger partial charge < -0.3 is 9.72 Å². The SMILES string of the molecule is Cc1ccc2c(c1)N(c1ccc(C(C)c3ncc[nH]3)cc1)C(=O)N(C1CCOCC1)N=C2C1CCCCC1. The van der Waals surface area contributed by atoms with Gasteiger partial charge in [-0.1, -0.05) is 50.5 Å². The van der Waals surface area contributed by atoms with Crippen molar-refractivity contribution in [2.24, 2.45) is 11.0 Å². The van der Waals surface area contributed by atoms with Gasteiger partial charge in [0.15, 0.2) is 0 Å². The van der Waals surface area contributed by atoms with E-state index in [4.69, 9.17) is 9.84 Å². The molecule has 1 saturated heterocycles. The zero-order chi connectivity index (χ0) is 26.1. The average Bonchev–Trinajstić information content (AvgIpc) is 3.47. The van der Waals surface area contributed by atoms with Gasteiger partial charge in [-0.3, -0.25) is 4.90 Å². The first kappa shape index (κ1) is 24.9. The van der Waals surface area contributed by atoms with Gasteiger partial charge in [-0.15, -0.1) is 0 Å². The van der Waals surface area contributed by atoms with Crippen molar-refractivity contribution in [3.8, 4) is 0 Å². The summed E-state index contributed by atoms with van der Waals surface area (Å²) in [5.74, 6) is 1.44. The molecular formula is C31H37N5O2. The van der Waals surface area contributed by atoms with E-state index in [1.807, 2.05) is 11.1 Å². The number of benzene rings is 2. The number of aromatic amines is 1. The third-order valence-corrected chi connectivity index (χ3v) is 8.38. The lowest BCUT2D eigenvalue weighted by Gasteiger charge is -2.33. The van der Waals surface area contributed by atoms with Gasteiger partial charge in [0.25, 0.3) is 0 Å². The number of anilines is 2. The van der Waals surface area contributed by atoms with E-state index in [2.05, 4.69) is 66.3 Å². The zero-order valence-electron chi connectivity index (χ0n) is 22.4. The van der Waals surface area contributed by atoms with Gasteiger partial charge in [0.05, 0.1) is 23.1 Å². The van der Waals surface area contributed by atoms with Crippen LogP contribution in [0.15, 0.2) is 60.0 Å². The molecule has 198 valence electrons. The standard InChI is InChI=1S/C31H37N5O2/c1-21-8-13-27-28(20-21)35(25-11-9-23(10-12-25)22(2)30-32-16-17-33-30)31(37)36(26-14-18-38-19-15-26)34-29(27)24-6-4-3-5-7-24/h8-13,16-17,20,22,24,26H,3-7,14-15,18-19H2,1-2H3,(H,32,33). The maximum atomic E-state index is 14.4. The highest BCUT2D eigenvalue weighted by Gasteiger charge is 2.37. The first-order chi connectivity index (χ1) is 18.6. The van der Waals surface area contributed by atoms with Crippen molar-refractivity contribution < 1.29 is 9.53 Å². The summed E-state index contributed by atoms with van der Waals surface area (Å²) in [6.45, 7) is 5.55. The molecule has 1 atom stereocenters. The summed E-state index contributed by atoms with van der Waals surface area (Å²) in [7, 11) is 0. The van der Waals surface area contributed by atoms with Gasteiger partial charge in [-0.05, 0) is 61.9 Å². The largest absolute Gasteiger partial charge is 0.381 e. The molecule has 1 aliphatic carbocycles. The molecule has 2 aromatic carbocycles. The number of fused-ring (bicyclic) bond motifs is 1. The number of imidazole rings is 1. The molecule has 3 aliphatic rings. The van der Waals surface area contributed by atoms with E-state index >= 15 is 0 Å². The summed E-state index contributed by atoms with van der Waals surface area (Å²) >= 11 is 0. The van der Waals surface area contributed by atoms with Crippen molar-refractivity contribution in [3.05, 3.63) is 77.4 Å². The maximum absolute atomic E-state index is 14.4. The Hall–Kier alpha value is -3.45. The molecule has 1 N–H and O–H groups in total. The van der Waals surface area contributed by atoms with Crippen molar-refractivity contribution in [3.63, 3.8) is 0 Å². The lowest BCUT2D eigenvalue weighted by Crippen LogP contribution is -2.45. The van der Waals surface area contributed by atoms with E-state index in [1.54, 1.807) is 11.2 Å². The molecule has 1 unspecified atom stereocenters. The number of carbonyl (C=O) groups is 1. The Kier molecular flexibility index (Phi) is 7.02. The second-order valence-corrected chi connectivity index (χ2v) is 10.9. The second-order valence-electron chi connectivity index (χ2n) is 10.9. The van der Waals surface area contributed by atoms with Crippen LogP contribution in [-0.4, -0.2) is 46.0 Å². The predicted octanol–water partition coefficient (Wildman–Crippen LogP) is 6.91. The number of aryl methyl sites for hydroxylation is 1. The highest BCUT2D eigenvalue weighted by atomic mass is 16.5. The topological polar surface area (TPSA) is 73.8 Å². The third kappa shape index (κ3) is 4.75. The number of ether oxygens (including phenoxy) is 1. The summed E-state index contributed by atoms with van der Waals surface area (Å²) in [5.41, 5.74) is 6.22. The molecule has 0 radical (unpaired) electrons. The van der Waals surface area contributed by atoms with Gasteiger partial charge in [0.2, 0.25) is 0 Å². The maximum Gasteiger partial charge on any atom is 0.349 e. The van der Waals surface area contributed by atoms with Crippen LogP contribution in [0.3, 0.4) is 0 Å². The summed E-state index contributed by atoms with van der Waals surface area (Å²) in [6.07, 6.45) is 11.2. The molecule has 6 rings (SSSR count). The van der Waals surface area contributed by atoms with Crippen LogP contribution in [0.2, 0.25) is 0 Å². The molecule has 2 fully saturated rings. The van der Waals surface area contributed by atoms with Crippen LogP contribution in [0.5, 0.6) is 0 Å². The van der Waals surface area contributed by atoms with E-state index in [9.17, 15) is 4.79 Å². The first-order valence-corrected chi connectivity index (χ1v) is 14.1. The highest BCUT2D eigenvalue weighted by molar-refractivity contribution is 6.14. The normalized spacial score (nSPS) is 20.2. The van der Waals surface area contributed by atoms with Crippen molar-refractivity contribution in [2.75, 3.05) is 18.1 Å². The third-order valence-electron chi connectivity index (χ3n) is 8.38. The number of hydrogen-bond acceptors (Lipinski definition) is 4. The molecule has 3 aromatic rings. The molecule has 7 nitrogen and oxygen atoms in total. The number of nitrogens with zero attached hydrogens (tertiary/aromatic N) is 4. The van der Waals surface area contributed by atoms with Crippen LogP contribution in [0, 0.1) is 12.8 Å². The fourth-order valence-electron chi connectivity index (χ4n) is 6.14. The minimum atomic E-state index is -0.0820. The lowest BCUT2D eigenvalue weighted by molar-refractivity contribution is 0.0480. The van der Waals surface area contributed by atoms with Gasteiger partial charge in [-0.2, -0.15) is 5.10 Å². The number of H-pyrrole nitrogens is 1. The minimum Gasteiger partial charge on any atom is -0.381 e. The molecule has 38 heavy (non-hydrogen) atoms. The van der Waals surface area contributed by atoms with Crippen LogP contribution in [0.1, 0.15) is 80.3 Å². The van der Waals surface area contributed by atoms with Gasteiger partial charge >= 0.3 is 6.03 Å². The Morgan fingerprint density at radius 2 is 1.76 bits per heavy atom. The summed E-state index contributed by atoms with van der Waals surface area (Å²) in [5, 5.41) is 7.01. The Balaban J connectivity index is 1.44. The van der Waals surface area contributed by atoms with E-state index in [0.717, 1.165) is 65.3 Å². The minimum absolute atomic E-state index is 0.0333. The van der Waals surface area contributed by atoms with Gasteiger partial charge in [-0.25, -0.2) is 14.8 Å². The van der Waals surface area contributed by atoms with Crippen LogP contribution in [0.25, 0.3) is 0 Å². The Labute approximate surface area is 224 Å². The number of rotatable bonds is 5.